The maximum atomic E-state index is 13.1. The highest BCUT2D eigenvalue weighted by atomic mass is 35.5. The average molecular weight is 246 g/mol. The van der Waals surface area contributed by atoms with Crippen LogP contribution in [-0.4, -0.2) is 17.0 Å². The lowest BCUT2D eigenvalue weighted by atomic mass is 10.2. The van der Waals surface area contributed by atoms with E-state index in [1.54, 1.807) is 0 Å². The van der Waals surface area contributed by atoms with E-state index in [-0.39, 0.29) is 10.7 Å². The van der Waals surface area contributed by atoms with E-state index in [4.69, 9.17) is 16.7 Å². The van der Waals surface area contributed by atoms with Crippen molar-refractivity contribution < 1.29 is 19.1 Å². The van der Waals surface area contributed by atoms with Crippen LogP contribution in [-0.2, 0) is 9.59 Å². The molecule has 1 aromatic rings. The molecule has 0 spiro atoms. The molecule has 0 saturated heterocycles. The van der Waals surface area contributed by atoms with Crippen molar-refractivity contribution in [2.24, 2.45) is 0 Å². The molecule has 0 aliphatic rings. The number of aliphatic carboxylic acids is 1. The Labute approximate surface area is 96.0 Å². The number of halogens is 2. The molecule has 1 aromatic carbocycles. The molecular weight excluding hydrogens is 237 g/mol. The smallest absolute Gasteiger partial charge is 0.312 e. The van der Waals surface area contributed by atoms with E-state index < -0.39 is 24.1 Å². The lowest BCUT2D eigenvalue weighted by Crippen LogP contribution is -2.16. The molecule has 0 unspecified atom stereocenters. The number of benzene rings is 1. The number of hydrogen-bond donors (Lipinski definition) is 2. The summed E-state index contributed by atoms with van der Waals surface area (Å²) < 4.78 is 13.1. The summed E-state index contributed by atoms with van der Waals surface area (Å²) >= 11 is 5.75. The van der Waals surface area contributed by atoms with Crippen LogP contribution in [0.3, 0.4) is 0 Å². The van der Waals surface area contributed by atoms with Gasteiger partial charge in [0, 0.05) is 0 Å². The third-order valence-electron chi connectivity index (χ3n) is 1.83. The summed E-state index contributed by atoms with van der Waals surface area (Å²) in [7, 11) is 0. The molecule has 16 heavy (non-hydrogen) atoms. The van der Waals surface area contributed by atoms with Crippen LogP contribution in [0.15, 0.2) is 12.1 Å². The van der Waals surface area contributed by atoms with Crippen molar-refractivity contribution in [1.82, 2.24) is 0 Å². The monoisotopic (exact) mass is 245 g/mol. The maximum Gasteiger partial charge on any atom is 0.312 e. The number of anilines is 1. The summed E-state index contributed by atoms with van der Waals surface area (Å²) in [6.07, 6.45) is -0.689. The Morgan fingerprint density at radius 3 is 2.69 bits per heavy atom. The van der Waals surface area contributed by atoms with E-state index in [1.165, 1.54) is 13.0 Å². The van der Waals surface area contributed by atoms with E-state index in [0.717, 1.165) is 6.07 Å². The Kier molecular flexibility index (Phi) is 3.84. The van der Waals surface area contributed by atoms with Gasteiger partial charge < -0.3 is 10.4 Å². The Morgan fingerprint density at radius 1 is 1.50 bits per heavy atom. The van der Waals surface area contributed by atoms with Crippen molar-refractivity contribution in [3.63, 3.8) is 0 Å². The first-order valence-electron chi connectivity index (χ1n) is 4.37. The predicted molar refractivity (Wildman–Crippen MR) is 57.0 cm³/mol. The lowest BCUT2D eigenvalue weighted by Gasteiger charge is -2.07. The Bertz CT molecular complexity index is 448. The van der Waals surface area contributed by atoms with Gasteiger partial charge in [0.15, 0.2) is 0 Å². The zero-order valence-corrected chi connectivity index (χ0v) is 9.14. The minimum absolute atomic E-state index is 0.0658. The maximum absolute atomic E-state index is 13.1. The lowest BCUT2D eigenvalue weighted by molar-refractivity contribution is -0.139. The third kappa shape index (κ3) is 3.20. The van der Waals surface area contributed by atoms with Crippen LogP contribution in [0.2, 0.25) is 5.02 Å². The molecule has 86 valence electrons. The number of nitrogens with one attached hydrogen (secondary N) is 1. The van der Waals surface area contributed by atoms with E-state index in [9.17, 15) is 14.0 Å². The molecule has 4 nitrogen and oxygen atoms in total. The van der Waals surface area contributed by atoms with Gasteiger partial charge >= 0.3 is 5.97 Å². The van der Waals surface area contributed by atoms with Gasteiger partial charge in [0.05, 0.1) is 10.7 Å². The molecule has 0 saturated carbocycles. The van der Waals surface area contributed by atoms with E-state index in [0.29, 0.717) is 5.56 Å². The Hall–Kier alpha value is -1.62. The fraction of sp³-hybridized carbons (Fsp3) is 0.200. The predicted octanol–water partition coefficient (Wildman–Crippen LogP) is 2.20. The number of rotatable bonds is 3. The summed E-state index contributed by atoms with van der Waals surface area (Å²) in [5.41, 5.74) is 0.414. The highest BCUT2D eigenvalue weighted by molar-refractivity contribution is 6.33. The highest BCUT2D eigenvalue weighted by Gasteiger charge is 2.11. The van der Waals surface area contributed by atoms with Crippen molar-refractivity contribution in [3.8, 4) is 0 Å². The zero-order valence-electron chi connectivity index (χ0n) is 8.38. The van der Waals surface area contributed by atoms with Gasteiger partial charge in [-0.15, -0.1) is 0 Å². The van der Waals surface area contributed by atoms with Crippen molar-refractivity contribution in [2.45, 2.75) is 13.3 Å². The van der Waals surface area contributed by atoms with E-state index >= 15 is 0 Å². The van der Waals surface area contributed by atoms with Crippen LogP contribution >= 0.6 is 11.6 Å². The minimum Gasteiger partial charge on any atom is -0.481 e. The fourth-order valence-corrected chi connectivity index (χ4v) is 1.34. The van der Waals surface area contributed by atoms with Gasteiger partial charge in [0.25, 0.3) is 0 Å². The molecule has 0 heterocycles. The first-order valence-corrected chi connectivity index (χ1v) is 4.75. The first kappa shape index (κ1) is 12.4. The van der Waals surface area contributed by atoms with Gasteiger partial charge in [0.2, 0.25) is 5.91 Å². The Morgan fingerprint density at radius 2 is 2.12 bits per heavy atom. The first-order chi connectivity index (χ1) is 7.40. The van der Waals surface area contributed by atoms with Crippen LogP contribution < -0.4 is 5.32 Å². The fourth-order valence-electron chi connectivity index (χ4n) is 1.07. The van der Waals surface area contributed by atoms with Crippen molar-refractivity contribution in [1.29, 1.82) is 0 Å². The van der Waals surface area contributed by atoms with E-state index in [2.05, 4.69) is 5.32 Å². The van der Waals surface area contributed by atoms with Crippen molar-refractivity contribution in [2.75, 3.05) is 5.32 Å². The standard InChI is InChI=1S/C10H9ClFNO3/c1-5-2-6(11)8(3-7(5)12)13-9(14)4-10(15)16/h2-3H,4H2,1H3,(H,13,14)(H,15,16). The van der Waals surface area contributed by atoms with Gasteiger partial charge in [-0.2, -0.15) is 0 Å². The molecule has 0 aromatic heterocycles. The summed E-state index contributed by atoms with van der Waals surface area (Å²) in [5.74, 6) is -2.53. The molecule has 0 atom stereocenters. The van der Waals surface area contributed by atoms with Gasteiger partial charge in [0.1, 0.15) is 12.2 Å². The molecule has 1 amide bonds. The van der Waals surface area contributed by atoms with Gasteiger partial charge in [-0.1, -0.05) is 11.6 Å². The Balaban J connectivity index is 2.85. The molecule has 6 heteroatoms. The highest BCUT2D eigenvalue weighted by Crippen LogP contribution is 2.25. The molecule has 0 bridgehead atoms. The minimum atomic E-state index is -1.26. The molecule has 0 aliphatic carbocycles. The number of carbonyl (C=O) groups is 2. The van der Waals surface area contributed by atoms with Gasteiger partial charge in [-0.3, -0.25) is 9.59 Å². The summed E-state index contributed by atoms with van der Waals surface area (Å²) in [6.45, 7) is 1.53. The average Bonchev–Trinajstić information content (AvgIpc) is 2.12. The van der Waals surface area contributed by atoms with E-state index in [1.807, 2.05) is 0 Å². The van der Waals surface area contributed by atoms with Crippen LogP contribution in [0.1, 0.15) is 12.0 Å². The number of carboxylic acid groups (broad SMARTS) is 1. The summed E-state index contributed by atoms with van der Waals surface area (Å²) in [6, 6.07) is 2.41. The summed E-state index contributed by atoms with van der Waals surface area (Å²) in [5, 5.41) is 10.7. The molecule has 0 fully saturated rings. The second-order valence-corrected chi connectivity index (χ2v) is 3.61. The number of carbonyl (C=O) groups excluding carboxylic acids is 1. The molecule has 1 rings (SSSR count). The van der Waals surface area contributed by atoms with Crippen LogP contribution in [0.4, 0.5) is 10.1 Å². The molecule has 2 N–H and O–H groups in total. The zero-order chi connectivity index (χ0) is 12.3. The quantitative estimate of drug-likeness (QED) is 0.803. The van der Waals surface area contributed by atoms with Gasteiger partial charge in [-0.25, -0.2) is 4.39 Å². The second kappa shape index (κ2) is 4.94. The number of aryl methyl sites for hydroxylation is 1. The van der Waals surface area contributed by atoms with Crippen LogP contribution in [0.25, 0.3) is 0 Å². The molecule has 0 radical (unpaired) electrons. The number of carboxylic acids is 1. The SMILES string of the molecule is Cc1cc(Cl)c(NC(=O)CC(=O)O)cc1F. The largest absolute Gasteiger partial charge is 0.481 e. The molecule has 0 aliphatic heterocycles. The molecular formula is C10H9ClFNO3. The van der Waals surface area contributed by atoms with Gasteiger partial charge in [-0.05, 0) is 24.6 Å². The van der Waals surface area contributed by atoms with Crippen molar-refractivity contribution in [3.05, 3.63) is 28.5 Å². The van der Waals surface area contributed by atoms with Crippen LogP contribution in [0, 0.1) is 12.7 Å². The number of amides is 1. The second-order valence-electron chi connectivity index (χ2n) is 3.20. The number of hydrogen-bond acceptors (Lipinski definition) is 2. The third-order valence-corrected chi connectivity index (χ3v) is 2.15. The van der Waals surface area contributed by atoms with Crippen LogP contribution in [0.5, 0.6) is 0 Å². The van der Waals surface area contributed by atoms with Crippen molar-refractivity contribution >= 4 is 29.2 Å². The summed E-state index contributed by atoms with van der Waals surface area (Å²) in [4.78, 5) is 21.3. The normalized spacial score (nSPS) is 9.94. The topological polar surface area (TPSA) is 66.4 Å².